The highest BCUT2D eigenvalue weighted by Crippen LogP contribution is 2.44. The minimum absolute atomic E-state index is 0.885. The maximum atomic E-state index is 6.94. The molecule has 0 saturated carbocycles. The molecule has 10 rings (SSSR count). The number of furan rings is 1. The van der Waals surface area contributed by atoms with Crippen LogP contribution in [0.15, 0.2) is 174 Å². The standard InChI is InChI=1S/C44H28N2O/c1-4-14-29(15-5-1)32-21-12-22-35-36-23-13-25-40(44(36)47-43(32)35)46-38-24-11-10-20-33(38)34-26-27-39-37(42(34)46)28-41(30-16-6-2-7-17-30)45(39)31-18-8-3-9-19-31/h1-28H. The van der Waals surface area contributed by atoms with Crippen LogP contribution in [0.1, 0.15) is 0 Å². The van der Waals surface area contributed by atoms with Crippen molar-refractivity contribution in [2.24, 2.45) is 0 Å². The van der Waals surface area contributed by atoms with Crippen molar-refractivity contribution in [3.05, 3.63) is 170 Å². The Morgan fingerprint density at radius 2 is 1.00 bits per heavy atom. The number of hydrogen-bond donors (Lipinski definition) is 0. The molecule has 3 heteroatoms. The van der Waals surface area contributed by atoms with Crippen LogP contribution < -0.4 is 0 Å². The highest BCUT2D eigenvalue weighted by molar-refractivity contribution is 6.20. The van der Waals surface area contributed by atoms with Gasteiger partial charge in [-0.2, -0.15) is 0 Å². The zero-order valence-corrected chi connectivity index (χ0v) is 25.5. The highest BCUT2D eigenvalue weighted by atomic mass is 16.3. The van der Waals surface area contributed by atoms with Crippen molar-refractivity contribution in [1.29, 1.82) is 0 Å². The number of aromatic nitrogens is 2. The molecule has 220 valence electrons. The van der Waals surface area contributed by atoms with E-state index in [4.69, 9.17) is 4.42 Å². The molecular formula is C44H28N2O. The quantitative estimate of drug-likeness (QED) is 0.197. The summed E-state index contributed by atoms with van der Waals surface area (Å²) in [6, 6.07) is 60.5. The van der Waals surface area contributed by atoms with Crippen LogP contribution in [0.5, 0.6) is 0 Å². The summed E-state index contributed by atoms with van der Waals surface area (Å²) in [5, 5.41) is 5.86. The van der Waals surface area contributed by atoms with E-state index in [1.165, 1.54) is 27.2 Å². The van der Waals surface area contributed by atoms with Gasteiger partial charge in [0, 0.05) is 38.2 Å². The normalized spacial score (nSPS) is 11.8. The second kappa shape index (κ2) is 10.1. The molecule has 3 aromatic heterocycles. The molecule has 0 fully saturated rings. The van der Waals surface area contributed by atoms with E-state index in [-0.39, 0.29) is 0 Å². The van der Waals surface area contributed by atoms with Crippen molar-refractivity contribution in [2.45, 2.75) is 0 Å². The lowest BCUT2D eigenvalue weighted by Gasteiger charge is -2.12. The van der Waals surface area contributed by atoms with E-state index in [1.807, 2.05) is 0 Å². The van der Waals surface area contributed by atoms with Crippen LogP contribution in [0, 0.1) is 0 Å². The van der Waals surface area contributed by atoms with Gasteiger partial charge in [0.15, 0.2) is 5.58 Å². The van der Waals surface area contributed by atoms with Gasteiger partial charge in [0.1, 0.15) is 5.58 Å². The third-order valence-corrected chi connectivity index (χ3v) is 9.53. The fourth-order valence-electron chi connectivity index (χ4n) is 7.49. The van der Waals surface area contributed by atoms with E-state index in [0.29, 0.717) is 0 Å². The zero-order chi connectivity index (χ0) is 30.9. The maximum Gasteiger partial charge on any atom is 0.159 e. The van der Waals surface area contributed by atoms with Gasteiger partial charge in [0.05, 0.1) is 27.9 Å². The second-order valence-corrected chi connectivity index (χ2v) is 12.1. The van der Waals surface area contributed by atoms with Gasteiger partial charge in [-0.3, -0.25) is 0 Å². The van der Waals surface area contributed by atoms with E-state index in [0.717, 1.165) is 61.2 Å². The zero-order valence-electron chi connectivity index (χ0n) is 25.5. The maximum absolute atomic E-state index is 6.94. The van der Waals surface area contributed by atoms with Gasteiger partial charge in [-0.25, -0.2) is 0 Å². The van der Waals surface area contributed by atoms with Gasteiger partial charge in [0.25, 0.3) is 0 Å². The Hall–Kier alpha value is -6.32. The summed E-state index contributed by atoms with van der Waals surface area (Å²) in [5.41, 5.74) is 12.0. The predicted molar refractivity (Wildman–Crippen MR) is 196 cm³/mol. The van der Waals surface area contributed by atoms with Crippen molar-refractivity contribution < 1.29 is 4.42 Å². The molecule has 0 amide bonds. The fourth-order valence-corrected chi connectivity index (χ4v) is 7.49. The number of fused-ring (bicyclic) bond motifs is 8. The molecule has 0 N–H and O–H groups in total. The van der Waals surface area contributed by atoms with Crippen LogP contribution in [0.2, 0.25) is 0 Å². The average Bonchev–Trinajstić information content (AvgIpc) is 3.83. The monoisotopic (exact) mass is 600 g/mol. The Balaban J connectivity index is 1.35. The number of rotatable bonds is 4. The Labute approximate surface area is 271 Å². The van der Waals surface area contributed by atoms with Crippen molar-refractivity contribution in [1.82, 2.24) is 9.13 Å². The fraction of sp³-hybridized carbons (Fsp3) is 0. The molecule has 0 atom stereocenters. The molecule has 0 spiro atoms. The van der Waals surface area contributed by atoms with E-state index in [2.05, 4.69) is 179 Å². The topological polar surface area (TPSA) is 23.0 Å². The van der Waals surface area contributed by atoms with Crippen LogP contribution in [0.4, 0.5) is 0 Å². The lowest BCUT2D eigenvalue weighted by molar-refractivity contribution is 0.667. The summed E-state index contributed by atoms with van der Waals surface area (Å²) in [7, 11) is 0. The minimum atomic E-state index is 0.885. The summed E-state index contributed by atoms with van der Waals surface area (Å²) in [5.74, 6) is 0. The first-order valence-corrected chi connectivity index (χ1v) is 16.0. The highest BCUT2D eigenvalue weighted by Gasteiger charge is 2.22. The summed E-state index contributed by atoms with van der Waals surface area (Å²) in [6.45, 7) is 0. The SMILES string of the molecule is c1ccc(-c2cccc3c2oc2c(-n4c5ccccc5c5ccc6c(cc(-c7ccccc7)n6-c6ccccc6)c54)cccc23)cc1. The van der Waals surface area contributed by atoms with E-state index >= 15 is 0 Å². The molecule has 0 saturated heterocycles. The molecule has 0 aliphatic carbocycles. The molecule has 3 nitrogen and oxygen atoms in total. The number of hydrogen-bond acceptors (Lipinski definition) is 1. The number of benzene rings is 7. The first kappa shape index (κ1) is 26.0. The van der Waals surface area contributed by atoms with Crippen molar-refractivity contribution >= 4 is 54.6 Å². The van der Waals surface area contributed by atoms with Gasteiger partial charge in [-0.05, 0) is 47.5 Å². The van der Waals surface area contributed by atoms with E-state index < -0.39 is 0 Å². The molecule has 0 aliphatic heterocycles. The summed E-state index contributed by atoms with van der Waals surface area (Å²) >= 11 is 0. The molecule has 10 aromatic rings. The molecule has 0 bridgehead atoms. The lowest BCUT2D eigenvalue weighted by atomic mass is 10.0. The van der Waals surface area contributed by atoms with E-state index in [1.54, 1.807) is 0 Å². The van der Waals surface area contributed by atoms with Crippen LogP contribution in [0.25, 0.3) is 88.4 Å². The molecule has 0 unspecified atom stereocenters. The van der Waals surface area contributed by atoms with Gasteiger partial charge in [-0.1, -0.05) is 133 Å². The third-order valence-electron chi connectivity index (χ3n) is 9.53. The second-order valence-electron chi connectivity index (χ2n) is 12.1. The molecule has 7 aromatic carbocycles. The van der Waals surface area contributed by atoms with Crippen molar-refractivity contribution in [2.75, 3.05) is 0 Å². The smallest absolute Gasteiger partial charge is 0.159 e. The Morgan fingerprint density at radius 1 is 0.383 bits per heavy atom. The molecule has 0 radical (unpaired) electrons. The van der Waals surface area contributed by atoms with Crippen molar-refractivity contribution in [3.8, 4) is 33.8 Å². The van der Waals surface area contributed by atoms with E-state index in [9.17, 15) is 0 Å². The van der Waals surface area contributed by atoms with Crippen LogP contribution >= 0.6 is 0 Å². The average molecular weight is 601 g/mol. The van der Waals surface area contributed by atoms with Gasteiger partial charge in [0.2, 0.25) is 0 Å². The Kier molecular flexibility index (Phi) is 5.57. The summed E-state index contributed by atoms with van der Waals surface area (Å²) in [4.78, 5) is 0. The number of nitrogens with zero attached hydrogens (tertiary/aromatic N) is 2. The van der Waals surface area contributed by atoms with Crippen LogP contribution in [0.3, 0.4) is 0 Å². The number of para-hydroxylation sites is 4. The first-order valence-electron chi connectivity index (χ1n) is 16.0. The van der Waals surface area contributed by atoms with Gasteiger partial charge < -0.3 is 13.6 Å². The summed E-state index contributed by atoms with van der Waals surface area (Å²) in [6.07, 6.45) is 0. The molecule has 0 aliphatic rings. The van der Waals surface area contributed by atoms with Crippen molar-refractivity contribution in [3.63, 3.8) is 0 Å². The third kappa shape index (κ3) is 3.81. The Bertz CT molecular complexity index is 2770. The Morgan fingerprint density at radius 3 is 1.79 bits per heavy atom. The summed E-state index contributed by atoms with van der Waals surface area (Å²) < 4.78 is 11.8. The largest absolute Gasteiger partial charge is 0.453 e. The molecular weight excluding hydrogens is 572 g/mol. The molecule has 3 heterocycles. The van der Waals surface area contributed by atoms with Gasteiger partial charge in [-0.15, -0.1) is 0 Å². The van der Waals surface area contributed by atoms with Gasteiger partial charge >= 0.3 is 0 Å². The molecule has 47 heavy (non-hydrogen) atoms. The van der Waals surface area contributed by atoms with Crippen LogP contribution in [-0.4, -0.2) is 9.13 Å². The minimum Gasteiger partial charge on any atom is -0.453 e. The first-order chi connectivity index (χ1) is 23.3. The predicted octanol–water partition coefficient (Wildman–Crippen LogP) is 12.0. The van der Waals surface area contributed by atoms with Crippen LogP contribution in [-0.2, 0) is 0 Å². The lowest BCUT2D eigenvalue weighted by Crippen LogP contribution is -1.97.